The van der Waals surface area contributed by atoms with Crippen LogP contribution < -0.4 is 16.0 Å². The van der Waals surface area contributed by atoms with E-state index < -0.39 is 23.5 Å². The van der Waals surface area contributed by atoms with Gasteiger partial charge in [0.2, 0.25) is 0 Å². The average molecular weight is 374 g/mol. The lowest BCUT2D eigenvalue weighted by Crippen LogP contribution is -2.32. The molecule has 0 atom stereocenters. The molecule has 0 unspecified atom stereocenters. The molecule has 0 bridgehead atoms. The van der Waals surface area contributed by atoms with Crippen molar-refractivity contribution in [3.63, 3.8) is 0 Å². The average Bonchev–Trinajstić information content (AvgIpc) is 2.62. The van der Waals surface area contributed by atoms with Crippen LogP contribution in [0.1, 0.15) is 5.56 Å². The third-order valence-electron chi connectivity index (χ3n) is 3.94. The molecule has 1 heterocycles. The van der Waals surface area contributed by atoms with Gasteiger partial charge in [0.05, 0.1) is 0 Å². The molecule has 3 rings (SSSR count). The van der Waals surface area contributed by atoms with Crippen LogP contribution in [-0.4, -0.2) is 24.1 Å². The number of rotatable bonds is 5. The Labute approximate surface area is 153 Å². The predicted octanol–water partition coefficient (Wildman–Crippen LogP) is 4.19. The van der Waals surface area contributed by atoms with Gasteiger partial charge in [-0.05, 0) is 36.8 Å². The molecule has 0 radical (unpaired) electrons. The Bertz CT molecular complexity index is 994. The predicted molar refractivity (Wildman–Crippen MR) is 98.3 cm³/mol. The van der Waals surface area contributed by atoms with Crippen LogP contribution in [0.2, 0.25) is 0 Å². The Morgan fingerprint density at radius 1 is 1.00 bits per heavy atom. The molecule has 0 aliphatic heterocycles. The summed E-state index contributed by atoms with van der Waals surface area (Å²) in [5, 5.41) is 8.51. The molecular weight excluding hydrogens is 357 g/mol. The number of halogens is 3. The van der Waals surface area contributed by atoms with Gasteiger partial charge in [0.25, 0.3) is 0 Å². The van der Waals surface area contributed by atoms with Gasteiger partial charge in [0, 0.05) is 42.1 Å². The summed E-state index contributed by atoms with van der Waals surface area (Å²) in [4.78, 5) is 15.8. The molecule has 0 saturated carbocycles. The van der Waals surface area contributed by atoms with Gasteiger partial charge in [-0.3, -0.25) is 4.98 Å². The zero-order valence-corrected chi connectivity index (χ0v) is 14.4. The van der Waals surface area contributed by atoms with Crippen LogP contribution in [0, 0.1) is 24.4 Å². The zero-order valence-electron chi connectivity index (χ0n) is 14.4. The van der Waals surface area contributed by atoms with Crippen LogP contribution in [0.3, 0.4) is 0 Å². The molecule has 0 aliphatic rings. The molecule has 0 aliphatic carbocycles. The number of hydrogen-bond donors (Lipinski definition) is 3. The van der Waals surface area contributed by atoms with E-state index in [-0.39, 0.29) is 12.1 Å². The highest BCUT2D eigenvalue weighted by atomic mass is 19.1. The van der Waals surface area contributed by atoms with Gasteiger partial charge in [-0.1, -0.05) is 6.07 Å². The molecule has 0 saturated heterocycles. The van der Waals surface area contributed by atoms with Crippen molar-refractivity contribution in [2.45, 2.75) is 6.92 Å². The third kappa shape index (κ3) is 4.46. The smallest absolute Gasteiger partial charge is 0.319 e. The van der Waals surface area contributed by atoms with E-state index in [1.807, 2.05) is 0 Å². The van der Waals surface area contributed by atoms with Crippen LogP contribution in [0.5, 0.6) is 0 Å². The lowest BCUT2D eigenvalue weighted by Gasteiger charge is -2.12. The highest BCUT2D eigenvalue weighted by molar-refractivity contribution is 5.92. The fourth-order valence-corrected chi connectivity index (χ4v) is 2.60. The molecule has 2 amide bonds. The molecule has 0 fully saturated rings. The monoisotopic (exact) mass is 374 g/mol. The van der Waals surface area contributed by atoms with Crippen molar-refractivity contribution in [2.75, 3.05) is 23.7 Å². The molecule has 8 heteroatoms. The fourth-order valence-electron chi connectivity index (χ4n) is 2.60. The number of urea groups is 1. The van der Waals surface area contributed by atoms with Crippen LogP contribution in [0.25, 0.3) is 10.9 Å². The van der Waals surface area contributed by atoms with Crippen molar-refractivity contribution >= 4 is 28.3 Å². The number of aromatic nitrogens is 1. The Balaban J connectivity index is 1.57. The number of fused-ring (bicyclic) bond motifs is 1. The lowest BCUT2D eigenvalue weighted by atomic mass is 10.1. The van der Waals surface area contributed by atoms with E-state index in [0.717, 1.165) is 11.6 Å². The van der Waals surface area contributed by atoms with Crippen molar-refractivity contribution in [1.82, 2.24) is 10.3 Å². The second-order valence-corrected chi connectivity index (χ2v) is 5.91. The molecule has 140 valence electrons. The number of nitrogens with zero attached hydrogens (tertiary/aromatic N) is 1. The first kappa shape index (κ1) is 18.5. The molecule has 3 aromatic rings. The summed E-state index contributed by atoms with van der Waals surface area (Å²) in [6.07, 6.45) is 1.42. The minimum atomic E-state index is -0.739. The maximum Gasteiger partial charge on any atom is 0.319 e. The van der Waals surface area contributed by atoms with Crippen molar-refractivity contribution in [1.29, 1.82) is 0 Å². The summed E-state index contributed by atoms with van der Waals surface area (Å²) in [6, 6.07) is 7.20. The summed E-state index contributed by atoms with van der Waals surface area (Å²) in [6.45, 7) is 2.30. The van der Waals surface area contributed by atoms with Crippen LogP contribution in [0.4, 0.5) is 29.3 Å². The van der Waals surface area contributed by atoms with Crippen LogP contribution >= 0.6 is 0 Å². The van der Waals surface area contributed by atoms with Gasteiger partial charge in [-0.2, -0.15) is 0 Å². The minimum Gasteiger partial charge on any atom is -0.383 e. The number of aryl methyl sites for hydroxylation is 1. The summed E-state index contributed by atoms with van der Waals surface area (Å²) in [7, 11) is 0. The third-order valence-corrected chi connectivity index (χ3v) is 3.94. The van der Waals surface area contributed by atoms with E-state index >= 15 is 0 Å². The first-order valence-corrected chi connectivity index (χ1v) is 8.22. The topological polar surface area (TPSA) is 66.1 Å². The number of amides is 2. The zero-order chi connectivity index (χ0) is 19.4. The Morgan fingerprint density at radius 3 is 2.63 bits per heavy atom. The second-order valence-electron chi connectivity index (χ2n) is 5.91. The maximum atomic E-state index is 13.8. The van der Waals surface area contributed by atoms with E-state index in [0.29, 0.717) is 23.3 Å². The van der Waals surface area contributed by atoms with Gasteiger partial charge in [-0.25, -0.2) is 18.0 Å². The van der Waals surface area contributed by atoms with Crippen molar-refractivity contribution < 1.29 is 18.0 Å². The Morgan fingerprint density at radius 2 is 1.81 bits per heavy atom. The highest BCUT2D eigenvalue weighted by Crippen LogP contribution is 2.24. The van der Waals surface area contributed by atoms with E-state index in [2.05, 4.69) is 20.9 Å². The molecule has 2 aromatic carbocycles. The van der Waals surface area contributed by atoms with Crippen molar-refractivity contribution in [3.05, 3.63) is 65.6 Å². The minimum absolute atomic E-state index is 0.0636. The summed E-state index contributed by atoms with van der Waals surface area (Å²) in [5.74, 6) is -1.88. The number of carbonyl (C=O) groups excluding carboxylic acids is 1. The van der Waals surface area contributed by atoms with E-state index in [1.54, 1.807) is 19.1 Å². The van der Waals surface area contributed by atoms with Crippen molar-refractivity contribution in [2.24, 2.45) is 0 Å². The SMILES string of the molecule is Cc1ccc(F)cc1NC(=O)NCCNc1ccnc2c(F)cc(F)cc12. The van der Waals surface area contributed by atoms with Crippen LogP contribution in [-0.2, 0) is 0 Å². The maximum absolute atomic E-state index is 13.8. The number of pyridine rings is 1. The lowest BCUT2D eigenvalue weighted by molar-refractivity contribution is 0.252. The van der Waals surface area contributed by atoms with E-state index in [9.17, 15) is 18.0 Å². The van der Waals surface area contributed by atoms with Gasteiger partial charge < -0.3 is 16.0 Å². The van der Waals surface area contributed by atoms with Crippen molar-refractivity contribution in [3.8, 4) is 0 Å². The first-order valence-electron chi connectivity index (χ1n) is 8.22. The Hall–Kier alpha value is -3.29. The second kappa shape index (κ2) is 7.94. The molecule has 1 aromatic heterocycles. The number of nitrogens with one attached hydrogen (secondary N) is 3. The van der Waals surface area contributed by atoms with Gasteiger partial charge in [0.15, 0.2) is 5.82 Å². The quantitative estimate of drug-likeness (QED) is 0.587. The summed E-state index contributed by atoms with van der Waals surface area (Å²) in [5.41, 5.74) is 1.68. The highest BCUT2D eigenvalue weighted by Gasteiger charge is 2.09. The van der Waals surface area contributed by atoms with Gasteiger partial charge in [0.1, 0.15) is 17.2 Å². The number of carbonyl (C=O) groups is 1. The number of hydrogen-bond acceptors (Lipinski definition) is 3. The standard InChI is InChI=1S/C19H17F3N4O/c1-11-2-3-12(20)10-17(11)26-19(27)25-7-6-23-16-4-5-24-18-14(16)8-13(21)9-15(18)22/h2-5,8-10H,6-7H2,1H3,(H,23,24)(H2,25,26,27). The Kier molecular flexibility index (Phi) is 5.44. The van der Waals surface area contributed by atoms with Gasteiger partial charge >= 0.3 is 6.03 Å². The summed E-state index contributed by atoms with van der Waals surface area (Å²) >= 11 is 0. The van der Waals surface area contributed by atoms with Crippen LogP contribution in [0.15, 0.2) is 42.6 Å². The van der Waals surface area contributed by atoms with E-state index in [4.69, 9.17) is 0 Å². The normalized spacial score (nSPS) is 10.7. The molecule has 3 N–H and O–H groups in total. The summed E-state index contributed by atoms with van der Waals surface area (Å²) < 4.78 is 40.5. The molecule has 0 spiro atoms. The van der Waals surface area contributed by atoms with Gasteiger partial charge in [-0.15, -0.1) is 0 Å². The molecular formula is C19H17F3N4O. The largest absolute Gasteiger partial charge is 0.383 e. The fraction of sp³-hybridized carbons (Fsp3) is 0.158. The first-order chi connectivity index (χ1) is 12.9. The number of anilines is 2. The van der Waals surface area contributed by atoms with E-state index in [1.165, 1.54) is 24.4 Å². The molecule has 27 heavy (non-hydrogen) atoms. The molecule has 5 nitrogen and oxygen atoms in total. The number of benzene rings is 2.